The molecule has 0 bridgehead atoms. The lowest BCUT2D eigenvalue weighted by atomic mass is 9.98. The molecule has 0 aliphatic carbocycles. The van der Waals surface area contributed by atoms with Crippen LogP contribution in [0.25, 0.3) is 0 Å². The van der Waals surface area contributed by atoms with Crippen molar-refractivity contribution in [1.29, 1.82) is 0 Å². The summed E-state index contributed by atoms with van der Waals surface area (Å²) in [5.41, 5.74) is -0.278. The van der Waals surface area contributed by atoms with Gasteiger partial charge < -0.3 is 0 Å². The van der Waals surface area contributed by atoms with Gasteiger partial charge in [-0.3, -0.25) is 14.4 Å². The first-order valence-electron chi connectivity index (χ1n) is 12.7. The Kier molecular flexibility index (Phi) is 13.6. The molecule has 0 aliphatic rings. The number of hydrogen-bond acceptors (Lipinski definition) is 4. The van der Waals surface area contributed by atoms with Crippen molar-refractivity contribution in [2.24, 2.45) is 17.8 Å². The summed E-state index contributed by atoms with van der Waals surface area (Å²) in [5, 5.41) is -0.221. The first kappa shape index (κ1) is 30.3. The summed E-state index contributed by atoms with van der Waals surface area (Å²) >= 11 is 0.707. The smallest absolute Gasteiger partial charge is 0.236 e. The van der Waals surface area contributed by atoms with Crippen molar-refractivity contribution in [1.82, 2.24) is 0 Å². The predicted octanol–water partition coefficient (Wildman–Crippen LogP) is 7.92. The largest absolute Gasteiger partial charge is 0.287 e. The maximum atomic E-state index is 15.0. The second-order valence-corrected chi connectivity index (χ2v) is 10.3. The van der Waals surface area contributed by atoms with Crippen molar-refractivity contribution in [3.05, 3.63) is 23.8 Å². The topological polar surface area (TPSA) is 54.5 Å². The molecule has 7 heteroatoms. The zero-order valence-corrected chi connectivity index (χ0v) is 22.4. The molecule has 3 unspecified atom stereocenters. The van der Waals surface area contributed by atoms with E-state index in [0.29, 0.717) is 37.1 Å². The lowest BCUT2D eigenvalue weighted by molar-refractivity contribution is -0.130. The van der Waals surface area contributed by atoms with Gasteiger partial charge >= 0.3 is 0 Å². The highest BCUT2D eigenvalue weighted by molar-refractivity contribution is 8.13. The molecule has 34 heavy (non-hydrogen) atoms. The van der Waals surface area contributed by atoms with Gasteiger partial charge in [-0.2, -0.15) is 0 Å². The Morgan fingerprint density at radius 3 is 1.65 bits per heavy atom. The van der Waals surface area contributed by atoms with Gasteiger partial charge in [0.1, 0.15) is 11.6 Å². The number of thioether (sulfide) groups is 1. The summed E-state index contributed by atoms with van der Waals surface area (Å²) in [7, 11) is 0. The molecule has 0 heterocycles. The van der Waals surface area contributed by atoms with E-state index in [1.165, 1.54) is 0 Å². The Morgan fingerprint density at radius 2 is 1.21 bits per heavy atom. The average molecular weight is 498 g/mol. The summed E-state index contributed by atoms with van der Waals surface area (Å²) in [4.78, 5) is 40.1. The van der Waals surface area contributed by atoms with Gasteiger partial charge in [0.25, 0.3) is 0 Å². The second kappa shape index (κ2) is 15.3. The van der Waals surface area contributed by atoms with Crippen molar-refractivity contribution < 1.29 is 23.2 Å². The van der Waals surface area contributed by atoms with Gasteiger partial charge in [-0.05, 0) is 37.1 Å². The molecule has 0 N–H and O–H groups in total. The highest BCUT2D eigenvalue weighted by Crippen LogP contribution is 2.34. The van der Waals surface area contributed by atoms with Gasteiger partial charge in [0.2, 0.25) is 11.8 Å². The fraction of sp³-hybridized carbons (Fsp3) is 0.667. The monoisotopic (exact) mass is 497 g/mol. The van der Waals surface area contributed by atoms with Gasteiger partial charge in [0, 0.05) is 23.8 Å². The third kappa shape index (κ3) is 8.79. The van der Waals surface area contributed by atoms with Gasteiger partial charge in [0.05, 0.1) is 10.6 Å². The summed E-state index contributed by atoms with van der Waals surface area (Å²) in [6.07, 6.45) is 7.04. The number of anilines is 1. The van der Waals surface area contributed by atoms with E-state index in [0.717, 1.165) is 49.5 Å². The minimum Gasteiger partial charge on any atom is -0.287 e. The molecule has 0 spiro atoms. The van der Waals surface area contributed by atoms with E-state index in [4.69, 9.17) is 0 Å². The zero-order chi connectivity index (χ0) is 25.8. The number of amides is 2. The molecule has 1 rings (SSSR count). The molecule has 2 amide bonds. The van der Waals surface area contributed by atoms with E-state index in [2.05, 4.69) is 0 Å². The lowest BCUT2D eigenvalue weighted by Gasteiger charge is -2.27. The zero-order valence-electron chi connectivity index (χ0n) is 21.6. The maximum absolute atomic E-state index is 15.0. The van der Waals surface area contributed by atoms with Gasteiger partial charge in [-0.25, -0.2) is 13.7 Å². The van der Waals surface area contributed by atoms with Crippen LogP contribution in [-0.4, -0.2) is 16.9 Å². The van der Waals surface area contributed by atoms with Gasteiger partial charge in [-0.1, -0.05) is 80.1 Å². The Bertz CT molecular complexity index is 804. The van der Waals surface area contributed by atoms with Crippen molar-refractivity contribution in [3.63, 3.8) is 0 Å². The van der Waals surface area contributed by atoms with Crippen LogP contribution in [0, 0.1) is 29.4 Å². The van der Waals surface area contributed by atoms with Crippen LogP contribution in [0.3, 0.4) is 0 Å². The molecule has 0 aliphatic heterocycles. The van der Waals surface area contributed by atoms with Crippen LogP contribution in [0.5, 0.6) is 0 Å². The van der Waals surface area contributed by atoms with Crippen LogP contribution >= 0.6 is 11.8 Å². The SMILES string of the molecule is CCCCC(C)C(=O)Sc1cc(N(C(=O)C(C)CCCC)C(=O)C(C)CCCC)c(F)cc1F. The molecule has 3 atom stereocenters. The van der Waals surface area contributed by atoms with Crippen molar-refractivity contribution in [2.45, 2.75) is 104 Å². The Morgan fingerprint density at radius 1 is 0.765 bits per heavy atom. The van der Waals surface area contributed by atoms with Gasteiger partial charge in [0.15, 0.2) is 5.12 Å². The van der Waals surface area contributed by atoms with Crippen LogP contribution in [0.1, 0.15) is 99.3 Å². The number of carbonyl (C=O) groups is 3. The quantitative estimate of drug-likeness (QED) is 0.245. The maximum Gasteiger partial charge on any atom is 0.236 e. The lowest BCUT2D eigenvalue weighted by Crippen LogP contribution is -2.43. The summed E-state index contributed by atoms with van der Waals surface area (Å²) in [6, 6.07) is 1.82. The Balaban J connectivity index is 3.38. The number of hydrogen-bond donors (Lipinski definition) is 0. The first-order chi connectivity index (χ1) is 16.1. The van der Waals surface area contributed by atoms with Crippen LogP contribution < -0.4 is 4.90 Å². The molecule has 0 fully saturated rings. The van der Waals surface area contributed by atoms with Gasteiger partial charge in [-0.15, -0.1) is 0 Å². The number of halogens is 2. The van der Waals surface area contributed by atoms with E-state index < -0.39 is 35.3 Å². The number of carbonyl (C=O) groups excluding carboxylic acids is 3. The van der Waals surface area contributed by atoms with Crippen molar-refractivity contribution in [2.75, 3.05) is 4.90 Å². The number of nitrogens with zero attached hydrogens (tertiary/aromatic N) is 1. The molecule has 0 saturated heterocycles. The van der Waals surface area contributed by atoms with E-state index in [1.807, 2.05) is 20.8 Å². The Hall–Kier alpha value is -1.76. The summed E-state index contributed by atoms with van der Waals surface area (Å²) in [5.74, 6) is -4.10. The van der Waals surface area contributed by atoms with Crippen LogP contribution in [0.4, 0.5) is 14.5 Å². The molecule has 1 aromatic rings. The van der Waals surface area contributed by atoms with Crippen molar-refractivity contribution in [3.8, 4) is 0 Å². The third-order valence-corrected chi connectivity index (χ3v) is 7.25. The highest BCUT2D eigenvalue weighted by Gasteiger charge is 2.33. The van der Waals surface area contributed by atoms with Crippen LogP contribution in [0.15, 0.2) is 17.0 Å². The molecule has 0 saturated carbocycles. The minimum atomic E-state index is -0.986. The van der Waals surface area contributed by atoms with Crippen LogP contribution in [0.2, 0.25) is 0 Å². The fourth-order valence-corrected chi connectivity index (χ4v) is 4.52. The summed E-state index contributed by atoms with van der Waals surface area (Å²) in [6.45, 7) is 11.3. The van der Waals surface area contributed by atoms with Crippen LogP contribution in [-0.2, 0) is 14.4 Å². The molecule has 192 valence electrons. The minimum absolute atomic E-state index is 0.0715. The molecular weight excluding hydrogens is 456 g/mol. The standard InChI is InChI=1S/C27H41F2NO3S/c1-7-10-13-18(4)25(31)30(26(32)19(5)14-11-8-2)23-17-24(22(29)16-21(23)28)34-27(33)20(6)15-12-9-3/h16-20H,7-15H2,1-6H3. The van der Waals surface area contributed by atoms with E-state index in [9.17, 15) is 18.8 Å². The Labute approximate surface area is 208 Å². The average Bonchev–Trinajstić information content (AvgIpc) is 2.81. The molecule has 0 aromatic heterocycles. The molecule has 0 radical (unpaired) electrons. The van der Waals surface area contributed by atoms with Crippen molar-refractivity contribution >= 4 is 34.4 Å². The normalized spacial score (nSPS) is 13.9. The predicted molar refractivity (Wildman–Crippen MR) is 136 cm³/mol. The molecular formula is C27H41F2NO3S. The number of unbranched alkanes of at least 4 members (excludes halogenated alkanes) is 3. The first-order valence-corrected chi connectivity index (χ1v) is 13.5. The molecule has 4 nitrogen and oxygen atoms in total. The van der Waals surface area contributed by atoms with E-state index in [1.54, 1.807) is 20.8 Å². The van der Waals surface area contributed by atoms with E-state index >= 15 is 4.39 Å². The van der Waals surface area contributed by atoms with E-state index in [-0.39, 0.29) is 21.6 Å². The number of benzene rings is 1. The number of imide groups is 1. The number of rotatable bonds is 14. The fourth-order valence-electron chi connectivity index (χ4n) is 3.66. The second-order valence-electron chi connectivity index (χ2n) is 9.30. The summed E-state index contributed by atoms with van der Waals surface area (Å²) < 4.78 is 29.6. The highest BCUT2D eigenvalue weighted by atomic mass is 32.2. The third-order valence-electron chi connectivity index (χ3n) is 6.11. The molecule has 1 aromatic carbocycles.